The van der Waals surface area contributed by atoms with E-state index in [0.717, 1.165) is 5.65 Å². The van der Waals surface area contributed by atoms with Crippen molar-refractivity contribution in [3.8, 4) is 0 Å². The molecule has 0 aromatic carbocycles. The van der Waals surface area contributed by atoms with E-state index in [2.05, 4.69) is 15.5 Å². The number of carbonyl (C=O) groups excluding carboxylic acids is 2. The van der Waals surface area contributed by atoms with Gasteiger partial charge in [0.15, 0.2) is 10.8 Å². The van der Waals surface area contributed by atoms with Crippen molar-refractivity contribution >= 4 is 29.2 Å². The monoisotopic (exact) mass is 293 g/mol. The highest BCUT2D eigenvalue weighted by Gasteiger charge is 2.10. The van der Waals surface area contributed by atoms with Gasteiger partial charge in [-0.15, -0.1) is 10.2 Å². The second-order valence-electron chi connectivity index (χ2n) is 4.26. The molecular formula is C12H15N5O2S. The SMILES string of the molecule is CN(C)C(=O)CNC(=O)CSc1nnc2ccccn12. The van der Waals surface area contributed by atoms with E-state index in [9.17, 15) is 9.59 Å². The van der Waals surface area contributed by atoms with Crippen LogP contribution in [0.4, 0.5) is 0 Å². The quantitative estimate of drug-likeness (QED) is 0.787. The Kier molecular flexibility index (Phi) is 4.57. The van der Waals surface area contributed by atoms with E-state index in [1.165, 1.54) is 16.7 Å². The third kappa shape index (κ3) is 3.47. The van der Waals surface area contributed by atoms with Crippen LogP contribution in [-0.2, 0) is 9.59 Å². The molecule has 0 unspecified atom stereocenters. The average molecular weight is 293 g/mol. The number of nitrogens with one attached hydrogen (secondary N) is 1. The second kappa shape index (κ2) is 6.38. The van der Waals surface area contributed by atoms with Crippen LogP contribution >= 0.6 is 11.8 Å². The molecule has 8 heteroatoms. The van der Waals surface area contributed by atoms with Crippen LogP contribution in [0, 0.1) is 0 Å². The molecule has 0 aliphatic heterocycles. The Morgan fingerprint density at radius 3 is 2.90 bits per heavy atom. The number of likely N-dealkylation sites (N-methyl/N-ethyl adjacent to an activating group) is 1. The molecule has 0 radical (unpaired) electrons. The van der Waals surface area contributed by atoms with E-state index in [1.807, 2.05) is 28.8 Å². The summed E-state index contributed by atoms with van der Waals surface area (Å²) in [4.78, 5) is 24.4. The van der Waals surface area contributed by atoms with Gasteiger partial charge in [-0.3, -0.25) is 14.0 Å². The Labute approximate surface area is 120 Å². The van der Waals surface area contributed by atoms with Gasteiger partial charge in [0.25, 0.3) is 0 Å². The standard InChI is InChI=1S/C12H15N5O2S/c1-16(2)11(19)7-13-10(18)8-20-12-15-14-9-5-3-4-6-17(9)12/h3-6H,7-8H2,1-2H3,(H,13,18). The first-order chi connectivity index (χ1) is 9.58. The van der Waals surface area contributed by atoms with Crippen LogP contribution in [0.15, 0.2) is 29.6 Å². The van der Waals surface area contributed by atoms with Gasteiger partial charge in [-0.1, -0.05) is 17.8 Å². The van der Waals surface area contributed by atoms with Crippen LogP contribution < -0.4 is 5.32 Å². The van der Waals surface area contributed by atoms with Gasteiger partial charge in [0.2, 0.25) is 11.8 Å². The first kappa shape index (κ1) is 14.3. The van der Waals surface area contributed by atoms with Gasteiger partial charge in [0.05, 0.1) is 12.3 Å². The highest BCUT2D eigenvalue weighted by molar-refractivity contribution is 7.99. The predicted molar refractivity (Wildman–Crippen MR) is 75.4 cm³/mol. The molecule has 0 aliphatic rings. The number of thioether (sulfide) groups is 1. The lowest BCUT2D eigenvalue weighted by molar-refractivity contribution is -0.130. The molecular weight excluding hydrogens is 278 g/mol. The summed E-state index contributed by atoms with van der Waals surface area (Å²) in [6, 6.07) is 5.58. The number of amides is 2. The van der Waals surface area contributed by atoms with E-state index < -0.39 is 0 Å². The molecule has 2 rings (SSSR count). The molecule has 0 fully saturated rings. The zero-order valence-electron chi connectivity index (χ0n) is 11.2. The van der Waals surface area contributed by atoms with Gasteiger partial charge in [-0.25, -0.2) is 0 Å². The minimum absolute atomic E-state index is 0.00692. The third-order valence-electron chi connectivity index (χ3n) is 2.55. The smallest absolute Gasteiger partial charge is 0.241 e. The molecule has 2 aromatic heterocycles. The van der Waals surface area contributed by atoms with E-state index in [0.29, 0.717) is 5.16 Å². The number of pyridine rings is 1. The summed E-state index contributed by atoms with van der Waals surface area (Å²) in [5.41, 5.74) is 0.734. The van der Waals surface area contributed by atoms with Gasteiger partial charge in [0.1, 0.15) is 0 Å². The minimum Gasteiger partial charge on any atom is -0.347 e. The Morgan fingerprint density at radius 2 is 2.15 bits per heavy atom. The molecule has 0 aliphatic carbocycles. The van der Waals surface area contributed by atoms with Crippen LogP contribution in [0.2, 0.25) is 0 Å². The summed E-state index contributed by atoms with van der Waals surface area (Å²) in [6.07, 6.45) is 1.84. The summed E-state index contributed by atoms with van der Waals surface area (Å²) in [5, 5.41) is 11.2. The third-order valence-corrected chi connectivity index (χ3v) is 3.49. The Balaban J connectivity index is 1.86. The van der Waals surface area contributed by atoms with E-state index in [4.69, 9.17) is 0 Å². The molecule has 0 saturated carbocycles. The lowest BCUT2D eigenvalue weighted by Crippen LogP contribution is -2.37. The summed E-state index contributed by atoms with van der Waals surface area (Å²) >= 11 is 1.28. The van der Waals surface area contributed by atoms with Gasteiger partial charge < -0.3 is 10.2 Å². The second-order valence-corrected chi connectivity index (χ2v) is 5.21. The van der Waals surface area contributed by atoms with E-state index >= 15 is 0 Å². The number of hydrogen-bond donors (Lipinski definition) is 1. The first-order valence-electron chi connectivity index (χ1n) is 5.97. The summed E-state index contributed by atoms with van der Waals surface area (Å²) < 4.78 is 1.81. The van der Waals surface area contributed by atoms with Crippen molar-refractivity contribution in [3.63, 3.8) is 0 Å². The lowest BCUT2D eigenvalue weighted by Gasteiger charge is -2.10. The van der Waals surface area contributed by atoms with Gasteiger partial charge in [-0.05, 0) is 12.1 Å². The van der Waals surface area contributed by atoms with Crippen LogP contribution in [0.3, 0.4) is 0 Å². The Morgan fingerprint density at radius 1 is 1.35 bits per heavy atom. The lowest BCUT2D eigenvalue weighted by atomic mass is 10.5. The number of aromatic nitrogens is 3. The number of carbonyl (C=O) groups is 2. The van der Waals surface area contributed by atoms with Crippen molar-refractivity contribution in [1.82, 2.24) is 24.8 Å². The van der Waals surface area contributed by atoms with Crippen molar-refractivity contribution in [1.29, 1.82) is 0 Å². The number of hydrogen-bond acceptors (Lipinski definition) is 5. The molecule has 0 saturated heterocycles. The van der Waals surface area contributed by atoms with Gasteiger partial charge in [0, 0.05) is 20.3 Å². The van der Waals surface area contributed by atoms with Crippen molar-refractivity contribution in [2.24, 2.45) is 0 Å². The van der Waals surface area contributed by atoms with Gasteiger partial charge in [-0.2, -0.15) is 0 Å². The maximum atomic E-state index is 11.6. The van der Waals surface area contributed by atoms with Crippen molar-refractivity contribution in [2.45, 2.75) is 5.16 Å². The Hall–Kier alpha value is -2.09. The topological polar surface area (TPSA) is 79.6 Å². The zero-order valence-corrected chi connectivity index (χ0v) is 12.1. The number of fused-ring (bicyclic) bond motifs is 1. The van der Waals surface area contributed by atoms with Crippen LogP contribution in [-0.4, -0.2) is 57.7 Å². The molecule has 0 atom stereocenters. The van der Waals surface area contributed by atoms with Crippen LogP contribution in [0.5, 0.6) is 0 Å². The molecule has 0 spiro atoms. The van der Waals surface area contributed by atoms with Crippen molar-refractivity contribution in [2.75, 3.05) is 26.4 Å². The summed E-state index contributed by atoms with van der Waals surface area (Å²) in [6.45, 7) is 0.00692. The highest BCUT2D eigenvalue weighted by atomic mass is 32.2. The fraction of sp³-hybridized carbons (Fsp3) is 0.333. The molecule has 2 heterocycles. The Bertz CT molecular complexity index is 625. The normalized spacial score (nSPS) is 10.5. The zero-order chi connectivity index (χ0) is 14.5. The summed E-state index contributed by atoms with van der Waals surface area (Å²) in [5.74, 6) is -0.162. The molecule has 2 aromatic rings. The number of nitrogens with zero attached hydrogens (tertiary/aromatic N) is 4. The largest absolute Gasteiger partial charge is 0.347 e. The van der Waals surface area contributed by atoms with Crippen molar-refractivity contribution in [3.05, 3.63) is 24.4 Å². The maximum absolute atomic E-state index is 11.6. The highest BCUT2D eigenvalue weighted by Crippen LogP contribution is 2.15. The fourth-order valence-corrected chi connectivity index (χ4v) is 2.19. The average Bonchev–Trinajstić information content (AvgIpc) is 2.85. The molecule has 7 nitrogen and oxygen atoms in total. The predicted octanol–water partition coefficient (Wildman–Crippen LogP) is 0.0258. The molecule has 2 amide bonds. The molecule has 20 heavy (non-hydrogen) atoms. The summed E-state index contributed by atoms with van der Waals surface area (Å²) in [7, 11) is 3.29. The van der Waals surface area contributed by atoms with Crippen LogP contribution in [0.25, 0.3) is 5.65 Å². The van der Waals surface area contributed by atoms with E-state index in [-0.39, 0.29) is 24.1 Å². The molecule has 1 N–H and O–H groups in total. The van der Waals surface area contributed by atoms with Crippen molar-refractivity contribution < 1.29 is 9.59 Å². The minimum atomic E-state index is -0.210. The van der Waals surface area contributed by atoms with E-state index in [1.54, 1.807) is 14.1 Å². The van der Waals surface area contributed by atoms with Crippen LogP contribution in [0.1, 0.15) is 0 Å². The van der Waals surface area contributed by atoms with Gasteiger partial charge >= 0.3 is 0 Å². The fourth-order valence-electron chi connectivity index (χ4n) is 1.43. The maximum Gasteiger partial charge on any atom is 0.241 e. The number of rotatable bonds is 5. The first-order valence-corrected chi connectivity index (χ1v) is 6.96. The molecule has 106 valence electrons. The molecule has 0 bridgehead atoms.